The van der Waals surface area contributed by atoms with Crippen molar-refractivity contribution in [3.8, 4) is 0 Å². The minimum Gasteiger partial charge on any atom is -0.317 e. The van der Waals surface area contributed by atoms with Gasteiger partial charge in [-0.15, -0.1) is 0 Å². The lowest BCUT2D eigenvalue weighted by atomic mass is 10.2. The molecule has 0 atom stereocenters. The molecule has 1 amide bonds. The summed E-state index contributed by atoms with van der Waals surface area (Å²) in [4.78, 5) is 22.2. The van der Waals surface area contributed by atoms with Gasteiger partial charge in [-0.25, -0.2) is 0 Å². The number of carbonyl (C=O) groups excluding carboxylic acids is 1. The zero-order valence-electron chi connectivity index (χ0n) is 9.72. The van der Waals surface area contributed by atoms with Crippen LogP contribution in [0.15, 0.2) is 30.7 Å². The summed E-state index contributed by atoms with van der Waals surface area (Å²) in [6, 6.07) is 3.75. The number of nitrogens with zero attached hydrogens (tertiary/aromatic N) is 2. The standard InChI is InChI=1S/C12H15N3O2/c1-17-14-11(10-4-2-6-13-8-10)9-15-7-3-5-12(15)16/h2,4,6,8-9,14H,3,5,7H2,1H3. The van der Waals surface area contributed by atoms with E-state index in [9.17, 15) is 4.79 Å². The minimum absolute atomic E-state index is 0.143. The van der Waals surface area contributed by atoms with Gasteiger partial charge in [0, 0.05) is 37.1 Å². The van der Waals surface area contributed by atoms with Crippen LogP contribution in [0, 0.1) is 0 Å². The highest BCUT2D eigenvalue weighted by Gasteiger charge is 2.19. The Hall–Kier alpha value is -1.88. The van der Waals surface area contributed by atoms with Crippen LogP contribution in [0.4, 0.5) is 0 Å². The van der Waals surface area contributed by atoms with Crippen molar-refractivity contribution in [2.45, 2.75) is 12.8 Å². The number of hydrogen-bond donors (Lipinski definition) is 1. The van der Waals surface area contributed by atoms with Gasteiger partial charge in [0.15, 0.2) is 0 Å². The fraction of sp³-hybridized carbons (Fsp3) is 0.333. The molecule has 2 rings (SSSR count). The highest BCUT2D eigenvalue weighted by Crippen LogP contribution is 2.15. The van der Waals surface area contributed by atoms with Crippen LogP contribution in [0.5, 0.6) is 0 Å². The summed E-state index contributed by atoms with van der Waals surface area (Å²) in [7, 11) is 1.54. The van der Waals surface area contributed by atoms with Crippen LogP contribution in [0.2, 0.25) is 0 Å². The van der Waals surface area contributed by atoms with Gasteiger partial charge in [-0.1, -0.05) is 0 Å². The summed E-state index contributed by atoms with van der Waals surface area (Å²) in [5, 5.41) is 0. The molecule has 0 unspecified atom stereocenters. The molecule has 0 spiro atoms. The van der Waals surface area contributed by atoms with Crippen LogP contribution in [-0.4, -0.2) is 29.4 Å². The van der Waals surface area contributed by atoms with Gasteiger partial charge in [0.25, 0.3) is 0 Å². The van der Waals surface area contributed by atoms with E-state index in [1.807, 2.05) is 12.1 Å². The molecule has 0 bridgehead atoms. The second-order valence-corrected chi connectivity index (χ2v) is 3.78. The van der Waals surface area contributed by atoms with E-state index in [2.05, 4.69) is 10.5 Å². The number of carbonyl (C=O) groups is 1. The van der Waals surface area contributed by atoms with Crippen molar-refractivity contribution >= 4 is 11.6 Å². The van der Waals surface area contributed by atoms with Crippen molar-refractivity contribution in [2.75, 3.05) is 13.7 Å². The van der Waals surface area contributed by atoms with Crippen LogP contribution < -0.4 is 5.48 Å². The van der Waals surface area contributed by atoms with Gasteiger partial charge in [0.1, 0.15) is 0 Å². The Morgan fingerprint density at radius 1 is 1.65 bits per heavy atom. The van der Waals surface area contributed by atoms with E-state index in [1.165, 1.54) is 7.11 Å². The summed E-state index contributed by atoms with van der Waals surface area (Å²) < 4.78 is 0. The lowest BCUT2D eigenvalue weighted by Gasteiger charge is -2.14. The quantitative estimate of drug-likeness (QED) is 0.793. The summed E-state index contributed by atoms with van der Waals surface area (Å²) in [5.41, 5.74) is 4.39. The molecule has 2 heterocycles. The maximum Gasteiger partial charge on any atom is 0.226 e. The number of hydroxylamine groups is 1. The molecule has 1 N–H and O–H groups in total. The Kier molecular flexibility index (Phi) is 3.72. The van der Waals surface area contributed by atoms with Gasteiger partial charge in [-0.2, -0.15) is 0 Å². The summed E-state index contributed by atoms with van der Waals surface area (Å²) >= 11 is 0. The number of aromatic nitrogens is 1. The van der Waals surface area contributed by atoms with Crippen molar-refractivity contribution in [1.29, 1.82) is 0 Å². The van der Waals surface area contributed by atoms with E-state index >= 15 is 0 Å². The number of likely N-dealkylation sites (tertiary alicyclic amines) is 1. The molecule has 1 aromatic heterocycles. The molecule has 0 aromatic carbocycles. The predicted octanol–water partition coefficient (Wildman–Crippen LogP) is 1.15. The average molecular weight is 233 g/mol. The molecule has 0 aliphatic carbocycles. The van der Waals surface area contributed by atoms with Crippen molar-refractivity contribution in [1.82, 2.24) is 15.4 Å². The van der Waals surface area contributed by atoms with Crippen molar-refractivity contribution in [3.05, 3.63) is 36.3 Å². The number of nitrogens with one attached hydrogen (secondary N) is 1. The second-order valence-electron chi connectivity index (χ2n) is 3.78. The van der Waals surface area contributed by atoms with Crippen molar-refractivity contribution in [2.24, 2.45) is 0 Å². The minimum atomic E-state index is 0.143. The smallest absolute Gasteiger partial charge is 0.226 e. The molecule has 0 saturated carbocycles. The van der Waals surface area contributed by atoms with Crippen LogP contribution >= 0.6 is 0 Å². The third kappa shape index (κ3) is 2.82. The first kappa shape index (κ1) is 11.6. The first-order valence-electron chi connectivity index (χ1n) is 5.52. The molecule has 1 fully saturated rings. The van der Waals surface area contributed by atoms with Gasteiger partial charge < -0.3 is 4.90 Å². The van der Waals surface area contributed by atoms with E-state index < -0.39 is 0 Å². The fourth-order valence-electron chi connectivity index (χ4n) is 1.75. The Balaban J connectivity index is 2.22. The molecule has 1 aliphatic rings. The van der Waals surface area contributed by atoms with Gasteiger partial charge in [-0.05, 0) is 18.6 Å². The Bertz CT molecular complexity index is 417. The SMILES string of the molecule is CONC(=CN1CCCC1=O)c1cccnc1. The predicted molar refractivity (Wildman–Crippen MR) is 63.3 cm³/mol. The Morgan fingerprint density at radius 3 is 3.12 bits per heavy atom. The molecular formula is C12H15N3O2. The third-order valence-electron chi connectivity index (χ3n) is 2.58. The first-order chi connectivity index (χ1) is 8.31. The van der Waals surface area contributed by atoms with Crippen LogP contribution in [0.1, 0.15) is 18.4 Å². The molecular weight excluding hydrogens is 218 g/mol. The van der Waals surface area contributed by atoms with E-state index in [4.69, 9.17) is 4.84 Å². The number of pyridine rings is 1. The maximum atomic E-state index is 11.5. The molecule has 0 radical (unpaired) electrons. The summed E-state index contributed by atoms with van der Waals surface area (Å²) in [6.07, 6.45) is 6.72. The lowest BCUT2D eigenvalue weighted by molar-refractivity contribution is -0.125. The second kappa shape index (κ2) is 5.45. The van der Waals surface area contributed by atoms with E-state index in [1.54, 1.807) is 23.5 Å². The van der Waals surface area contributed by atoms with Gasteiger partial charge in [-0.3, -0.25) is 20.1 Å². The topological polar surface area (TPSA) is 54.5 Å². The summed E-state index contributed by atoms with van der Waals surface area (Å²) in [5.74, 6) is 0.143. The molecule has 17 heavy (non-hydrogen) atoms. The zero-order chi connectivity index (χ0) is 12.1. The third-order valence-corrected chi connectivity index (χ3v) is 2.58. The first-order valence-corrected chi connectivity index (χ1v) is 5.52. The van der Waals surface area contributed by atoms with Crippen molar-refractivity contribution in [3.63, 3.8) is 0 Å². The van der Waals surface area contributed by atoms with E-state index in [-0.39, 0.29) is 5.91 Å². The monoisotopic (exact) mass is 233 g/mol. The Morgan fingerprint density at radius 2 is 2.53 bits per heavy atom. The molecule has 5 heteroatoms. The maximum absolute atomic E-state index is 11.5. The highest BCUT2D eigenvalue weighted by atomic mass is 16.6. The van der Waals surface area contributed by atoms with Gasteiger partial charge in [0.2, 0.25) is 5.91 Å². The highest BCUT2D eigenvalue weighted by molar-refractivity contribution is 5.80. The van der Waals surface area contributed by atoms with E-state index in [0.717, 1.165) is 24.2 Å². The number of amides is 1. The van der Waals surface area contributed by atoms with Crippen molar-refractivity contribution < 1.29 is 9.63 Å². The lowest BCUT2D eigenvalue weighted by Crippen LogP contribution is -2.21. The number of hydrogen-bond acceptors (Lipinski definition) is 4. The summed E-state index contributed by atoms with van der Waals surface area (Å²) in [6.45, 7) is 0.758. The van der Waals surface area contributed by atoms with Gasteiger partial charge >= 0.3 is 0 Å². The molecule has 1 aromatic rings. The Labute approximate surface area is 100 Å². The normalized spacial score (nSPS) is 16.4. The zero-order valence-corrected chi connectivity index (χ0v) is 9.72. The van der Waals surface area contributed by atoms with Crippen LogP contribution in [-0.2, 0) is 9.63 Å². The number of rotatable bonds is 4. The molecule has 1 saturated heterocycles. The largest absolute Gasteiger partial charge is 0.317 e. The fourth-order valence-corrected chi connectivity index (χ4v) is 1.75. The average Bonchev–Trinajstić information content (AvgIpc) is 2.76. The van der Waals surface area contributed by atoms with Crippen LogP contribution in [0.25, 0.3) is 5.70 Å². The molecule has 5 nitrogen and oxygen atoms in total. The van der Waals surface area contributed by atoms with Gasteiger partial charge in [0.05, 0.1) is 12.8 Å². The van der Waals surface area contributed by atoms with Crippen LogP contribution in [0.3, 0.4) is 0 Å². The molecule has 90 valence electrons. The molecule has 1 aliphatic heterocycles. The van der Waals surface area contributed by atoms with E-state index in [0.29, 0.717) is 6.42 Å².